The predicted molar refractivity (Wildman–Crippen MR) is 71.6 cm³/mol. The van der Waals surface area contributed by atoms with Crippen molar-refractivity contribution in [1.29, 1.82) is 0 Å². The molecule has 0 spiro atoms. The summed E-state index contributed by atoms with van der Waals surface area (Å²) in [5.74, 6) is 0. The fourth-order valence-corrected chi connectivity index (χ4v) is 1.58. The quantitative estimate of drug-likeness (QED) is 0.278. The lowest BCUT2D eigenvalue weighted by Gasteiger charge is -1.97. The molecule has 0 radical (unpaired) electrons. The molecular weight excluding hydrogens is 196 g/mol. The van der Waals surface area contributed by atoms with Gasteiger partial charge >= 0.3 is 0 Å². The molecule has 1 nitrogen and oxygen atoms in total. The second-order valence-electron chi connectivity index (χ2n) is 4.10. The Morgan fingerprint density at radius 1 is 0.750 bits per heavy atom. The van der Waals surface area contributed by atoms with Crippen molar-refractivity contribution in [3.05, 3.63) is 24.3 Å². The van der Waals surface area contributed by atoms with Gasteiger partial charge in [-0.15, -0.1) is 0 Å². The molecule has 92 valence electrons. The van der Waals surface area contributed by atoms with Crippen LogP contribution in [0.1, 0.15) is 64.7 Å². The Hall–Kier alpha value is -0.850. The summed E-state index contributed by atoms with van der Waals surface area (Å²) in [6.07, 6.45) is 20.3. The van der Waals surface area contributed by atoms with Crippen LogP contribution in [0.2, 0.25) is 0 Å². The highest BCUT2D eigenvalue weighted by atomic mass is 16.1. The maximum absolute atomic E-state index is 10.1. The Morgan fingerprint density at radius 3 is 2.06 bits per heavy atom. The van der Waals surface area contributed by atoms with Gasteiger partial charge < -0.3 is 4.79 Å². The van der Waals surface area contributed by atoms with Crippen molar-refractivity contribution in [2.75, 3.05) is 0 Å². The van der Waals surface area contributed by atoms with Gasteiger partial charge in [0.1, 0.15) is 6.29 Å². The molecule has 0 aliphatic carbocycles. The van der Waals surface area contributed by atoms with Gasteiger partial charge in [0.2, 0.25) is 0 Å². The first-order valence-electron chi connectivity index (χ1n) is 6.65. The first-order valence-corrected chi connectivity index (χ1v) is 6.65. The van der Waals surface area contributed by atoms with Gasteiger partial charge in [-0.3, -0.25) is 0 Å². The fraction of sp³-hybridized carbons (Fsp3) is 0.667. The van der Waals surface area contributed by atoms with Crippen molar-refractivity contribution in [1.82, 2.24) is 0 Å². The summed E-state index contributed by atoms with van der Waals surface area (Å²) in [5.41, 5.74) is 0. The molecule has 16 heavy (non-hydrogen) atoms. The molecule has 0 aliphatic rings. The average molecular weight is 222 g/mol. The maximum atomic E-state index is 10.1. The van der Waals surface area contributed by atoms with E-state index in [0.717, 1.165) is 32.0 Å². The lowest BCUT2D eigenvalue weighted by atomic mass is 10.1. The van der Waals surface area contributed by atoms with E-state index in [4.69, 9.17) is 0 Å². The topological polar surface area (TPSA) is 17.1 Å². The van der Waals surface area contributed by atoms with Gasteiger partial charge in [0.05, 0.1) is 0 Å². The molecule has 0 atom stereocenters. The summed E-state index contributed by atoms with van der Waals surface area (Å²) in [6, 6.07) is 0. The van der Waals surface area contributed by atoms with Crippen LogP contribution in [0.25, 0.3) is 0 Å². The number of rotatable bonds is 11. The van der Waals surface area contributed by atoms with E-state index in [1.54, 1.807) is 0 Å². The minimum Gasteiger partial charge on any atom is -0.303 e. The number of hydrogen-bond donors (Lipinski definition) is 0. The molecule has 0 amide bonds. The zero-order valence-electron chi connectivity index (χ0n) is 10.7. The average Bonchev–Trinajstić information content (AvgIpc) is 2.31. The van der Waals surface area contributed by atoms with Gasteiger partial charge in [-0.1, -0.05) is 50.5 Å². The van der Waals surface area contributed by atoms with Gasteiger partial charge in [0.25, 0.3) is 0 Å². The van der Waals surface area contributed by atoms with E-state index in [2.05, 4.69) is 31.2 Å². The molecule has 0 aromatic carbocycles. The summed E-state index contributed by atoms with van der Waals surface area (Å²) in [5, 5.41) is 0. The van der Waals surface area contributed by atoms with Gasteiger partial charge in [-0.25, -0.2) is 0 Å². The van der Waals surface area contributed by atoms with Crippen molar-refractivity contribution in [3.8, 4) is 0 Å². The summed E-state index contributed by atoms with van der Waals surface area (Å²) in [4.78, 5) is 10.1. The van der Waals surface area contributed by atoms with Crippen molar-refractivity contribution < 1.29 is 4.79 Å². The molecule has 0 rings (SSSR count). The smallest absolute Gasteiger partial charge is 0.119 e. The molecule has 0 fully saturated rings. The molecule has 0 bridgehead atoms. The van der Waals surface area contributed by atoms with Crippen LogP contribution in [-0.2, 0) is 4.79 Å². The number of unbranched alkanes of at least 4 members (excludes halogenated alkanes) is 6. The number of hydrogen-bond acceptors (Lipinski definition) is 1. The predicted octanol–water partition coefficient (Wildman–Crippen LogP) is 4.83. The fourth-order valence-electron chi connectivity index (χ4n) is 1.58. The van der Waals surface area contributed by atoms with Gasteiger partial charge in [0.15, 0.2) is 0 Å². The van der Waals surface area contributed by atoms with Crippen LogP contribution in [0, 0.1) is 0 Å². The zero-order valence-corrected chi connectivity index (χ0v) is 10.7. The first-order chi connectivity index (χ1) is 7.91. The largest absolute Gasteiger partial charge is 0.303 e. The Kier molecular flexibility index (Phi) is 13.4. The normalized spacial score (nSPS) is 11.6. The van der Waals surface area contributed by atoms with E-state index in [9.17, 15) is 4.79 Å². The molecule has 0 aliphatic heterocycles. The van der Waals surface area contributed by atoms with E-state index in [-0.39, 0.29) is 0 Å². The Balaban J connectivity index is 3.08. The lowest BCUT2D eigenvalue weighted by Crippen LogP contribution is -1.80. The summed E-state index contributed by atoms with van der Waals surface area (Å²) in [6.45, 7) is 2.16. The summed E-state index contributed by atoms with van der Waals surface area (Å²) in [7, 11) is 0. The van der Waals surface area contributed by atoms with Crippen molar-refractivity contribution >= 4 is 6.29 Å². The molecular formula is C15H26O. The van der Waals surface area contributed by atoms with Crippen molar-refractivity contribution in [2.24, 2.45) is 0 Å². The highest BCUT2D eigenvalue weighted by molar-refractivity contribution is 5.48. The van der Waals surface area contributed by atoms with E-state index in [1.165, 1.54) is 32.1 Å². The van der Waals surface area contributed by atoms with Crippen LogP contribution in [-0.4, -0.2) is 6.29 Å². The summed E-state index contributed by atoms with van der Waals surface area (Å²) < 4.78 is 0. The molecule has 0 saturated heterocycles. The van der Waals surface area contributed by atoms with E-state index in [0.29, 0.717) is 0 Å². The van der Waals surface area contributed by atoms with Crippen LogP contribution in [0.5, 0.6) is 0 Å². The number of aldehydes is 1. The van der Waals surface area contributed by atoms with Gasteiger partial charge in [-0.2, -0.15) is 0 Å². The minimum absolute atomic E-state index is 0.740. The molecule has 1 heteroatoms. The van der Waals surface area contributed by atoms with E-state index < -0.39 is 0 Å². The highest BCUT2D eigenvalue weighted by Crippen LogP contribution is 2.07. The van der Waals surface area contributed by atoms with Crippen molar-refractivity contribution in [3.63, 3.8) is 0 Å². The molecule has 0 saturated carbocycles. The third kappa shape index (κ3) is 13.2. The Morgan fingerprint density at radius 2 is 1.38 bits per heavy atom. The van der Waals surface area contributed by atoms with E-state index in [1.807, 2.05) is 0 Å². The molecule has 0 unspecified atom stereocenters. The van der Waals surface area contributed by atoms with Gasteiger partial charge in [0, 0.05) is 6.42 Å². The SMILES string of the molecule is CC/C=C/C/C=C/CCCCCCCC=O. The number of carbonyl (C=O) groups excluding carboxylic acids is 1. The second kappa shape index (κ2) is 14.2. The maximum Gasteiger partial charge on any atom is 0.119 e. The van der Waals surface area contributed by atoms with E-state index >= 15 is 0 Å². The summed E-state index contributed by atoms with van der Waals surface area (Å²) >= 11 is 0. The van der Waals surface area contributed by atoms with Gasteiger partial charge in [-0.05, 0) is 32.1 Å². The minimum atomic E-state index is 0.740. The Bertz CT molecular complexity index is 192. The Labute approximate surface area is 101 Å². The van der Waals surface area contributed by atoms with Crippen LogP contribution in [0.4, 0.5) is 0 Å². The highest BCUT2D eigenvalue weighted by Gasteiger charge is 1.88. The molecule has 0 N–H and O–H groups in total. The number of allylic oxidation sites excluding steroid dienone is 4. The zero-order chi connectivity index (χ0) is 11.9. The number of carbonyl (C=O) groups is 1. The third-order valence-electron chi connectivity index (χ3n) is 2.53. The van der Waals surface area contributed by atoms with Crippen LogP contribution < -0.4 is 0 Å². The molecule has 0 heterocycles. The molecule has 0 aromatic heterocycles. The third-order valence-corrected chi connectivity index (χ3v) is 2.53. The van der Waals surface area contributed by atoms with Crippen LogP contribution in [0.15, 0.2) is 24.3 Å². The van der Waals surface area contributed by atoms with Crippen LogP contribution >= 0.6 is 0 Å². The molecule has 0 aromatic rings. The first kappa shape index (κ1) is 15.2. The lowest BCUT2D eigenvalue weighted by molar-refractivity contribution is -0.107. The van der Waals surface area contributed by atoms with Crippen LogP contribution in [0.3, 0.4) is 0 Å². The second-order valence-corrected chi connectivity index (χ2v) is 4.10. The van der Waals surface area contributed by atoms with Crippen molar-refractivity contribution in [2.45, 2.75) is 64.7 Å². The standard InChI is InChI=1S/C15H26O/c1-2-3-4-5-6-7-8-9-10-11-12-13-14-15-16/h3-4,6-7,15H,2,5,8-14H2,1H3/b4-3+,7-6+. The monoisotopic (exact) mass is 222 g/mol.